The summed E-state index contributed by atoms with van der Waals surface area (Å²) in [6.45, 7) is 17.1. The molecule has 0 aromatic heterocycles. The Hall–Kier alpha value is 0.354. The molecule has 0 spiro atoms. The van der Waals surface area contributed by atoms with E-state index in [2.05, 4.69) is 62.5 Å². The molecule has 98 valence electrons. The molecular weight excluding hydrogens is 228 g/mol. The van der Waals surface area contributed by atoms with Gasteiger partial charge in [0.15, 0.2) is 0 Å². The first-order chi connectivity index (χ1) is 7.05. The lowest BCUT2D eigenvalue weighted by molar-refractivity contribution is 0.435. The van der Waals surface area contributed by atoms with E-state index in [-0.39, 0.29) is 0 Å². The van der Waals surface area contributed by atoms with E-state index in [1.807, 2.05) is 0 Å². The van der Waals surface area contributed by atoms with Crippen LogP contribution in [0.2, 0.25) is 39.3 Å². The minimum atomic E-state index is -1.05. The lowest BCUT2D eigenvalue weighted by atomic mass is 10.3. The van der Waals surface area contributed by atoms with E-state index in [1.54, 1.807) is 0 Å². The third kappa shape index (κ3) is 6.83. The van der Waals surface area contributed by atoms with Gasteiger partial charge in [-0.3, -0.25) is 0 Å². The second kappa shape index (κ2) is 6.33. The quantitative estimate of drug-likeness (QED) is 0.512. The van der Waals surface area contributed by atoms with Gasteiger partial charge in [0.2, 0.25) is 0 Å². The van der Waals surface area contributed by atoms with Crippen LogP contribution in [-0.4, -0.2) is 52.8 Å². The lowest BCUT2D eigenvalue weighted by Gasteiger charge is -2.32. The molecule has 0 aliphatic carbocycles. The van der Waals surface area contributed by atoms with Crippen LogP contribution in [0.4, 0.5) is 0 Å². The van der Waals surface area contributed by atoms with Crippen molar-refractivity contribution in [1.82, 2.24) is 9.13 Å². The lowest BCUT2D eigenvalue weighted by Crippen LogP contribution is -2.45. The molecule has 0 radical (unpaired) electrons. The number of unbranched alkanes of at least 4 members (excludes halogenated alkanes) is 1. The molecule has 0 rings (SSSR count). The summed E-state index contributed by atoms with van der Waals surface area (Å²) in [5.74, 6) is 0. The Bertz CT molecular complexity index is 172. The molecule has 2 nitrogen and oxygen atoms in total. The second-order valence-corrected chi connectivity index (χ2v) is 17.1. The summed E-state index contributed by atoms with van der Waals surface area (Å²) >= 11 is 0. The Kier molecular flexibility index (Phi) is 6.47. The average Bonchev–Trinajstić information content (AvgIpc) is 2.08. The van der Waals surface area contributed by atoms with Crippen molar-refractivity contribution in [3.05, 3.63) is 0 Å². The van der Waals surface area contributed by atoms with Crippen LogP contribution < -0.4 is 0 Å². The van der Waals surface area contributed by atoms with Crippen molar-refractivity contribution in [3.63, 3.8) is 0 Å². The normalized spacial score (nSPS) is 13.9. The van der Waals surface area contributed by atoms with E-state index < -0.39 is 16.5 Å². The first-order valence-corrected chi connectivity index (χ1v) is 13.4. The molecule has 0 aliphatic heterocycles. The topological polar surface area (TPSA) is 6.48 Å². The van der Waals surface area contributed by atoms with Crippen LogP contribution in [0.3, 0.4) is 0 Å². The van der Waals surface area contributed by atoms with Crippen LogP contribution in [0.15, 0.2) is 0 Å². The third-order valence-electron chi connectivity index (χ3n) is 3.53. The van der Waals surface area contributed by atoms with E-state index in [9.17, 15) is 0 Å². The van der Waals surface area contributed by atoms with Crippen molar-refractivity contribution in [2.45, 2.75) is 52.1 Å². The Morgan fingerprint density at radius 3 is 1.06 bits per heavy atom. The molecule has 0 fully saturated rings. The van der Waals surface area contributed by atoms with Gasteiger partial charge in [0, 0.05) is 0 Å². The number of hydrogen-bond donors (Lipinski definition) is 0. The Morgan fingerprint density at radius 2 is 0.875 bits per heavy atom. The summed E-state index contributed by atoms with van der Waals surface area (Å²) in [6, 6.07) is 0. The third-order valence-corrected chi connectivity index (χ3v) is 8.56. The summed E-state index contributed by atoms with van der Waals surface area (Å²) < 4.78 is 5.17. The molecule has 0 unspecified atom stereocenters. The average molecular weight is 261 g/mol. The zero-order valence-corrected chi connectivity index (χ0v) is 14.7. The van der Waals surface area contributed by atoms with E-state index in [0.29, 0.717) is 0 Å². The van der Waals surface area contributed by atoms with Crippen molar-refractivity contribution < 1.29 is 0 Å². The molecule has 0 saturated heterocycles. The van der Waals surface area contributed by atoms with Crippen LogP contribution in [0.5, 0.6) is 0 Å². The fraction of sp³-hybridized carbons (Fsp3) is 1.00. The Labute approximate surface area is 105 Å². The predicted octanol–water partition coefficient (Wildman–Crippen LogP) is 3.30. The molecule has 0 N–H and O–H groups in total. The Morgan fingerprint density at radius 1 is 0.625 bits per heavy atom. The van der Waals surface area contributed by atoms with Gasteiger partial charge in [0.25, 0.3) is 0 Å². The van der Waals surface area contributed by atoms with Gasteiger partial charge in [-0.15, -0.1) is 0 Å². The van der Waals surface area contributed by atoms with Crippen LogP contribution in [-0.2, 0) is 0 Å². The van der Waals surface area contributed by atoms with E-state index in [4.69, 9.17) is 0 Å². The van der Waals surface area contributed by atoms with Gasteiger partial charge in [-0.05, 0) is 40.0 Å². The monoisotopic (exact) mass is 260 g/mol. The molecule has 0 amide bonds. The molecular formula is C12H32N2Si2. The van der Waals surface area contributed by atoms with Crippen molar-refractivity contribution in [3.8, 4) is 0 Å². The maximum atomic E-state index is 2.58. The molecule has 0 atom stereocenters. The fourth-order valence-corrected chi connectivity index (χ4v) is 3.03. The summed E-state index contributed by atoms with van der Waals surface area (Å²) in [6.07, 6.45) is 2.69. The minimum absolute atomic E-state index is 1.05. The van der Waals surface area contributed by atoms with Gasteiger partial charge in [-0.25, -0.2) is 0 Å². The maximum Gasteiger partial charge on any atom is 0.118 e. The van der Waals surface area contributed by atoms with E-state index >= 15 is 0 Å². The first-order valence-electron chi connectivity index (χ1n) is 6.47. The van der Waals surface area contributed by atoms with Crippen molar-refractivity contribution in [2.24, 2.45) is 0 Å². The highest BCUT2D eigenvalue weighted by atomic mass is 28.3. The molecule has 0 heterocycles. The van der Waals surface area contributed by atoms with Gasteiger partial charge in [0.1, 0.15) is 16.5 Å². The Balaban J connectivity index is 3.70. The van der Waals surface area contributed by atoms with Gasteiger partial charge >= 0.3 is 0 Å². The molecule has 0 aromatic carbocycles. The standard InChI is InChI=1S/C12H32N2Si2/c1-13(15(3,4)5)11-9-10-12-14(2)16(6,7)8/h9-12H2,1-8H3. The number of nitrogens with zero attached hydrogens (tertiary/aromatic N) is 2. The van der Waals surface area contributed by atoms with Gasteiger partial charge < -0.3 is 9.13 Å². The first kappa shape index (κ1) is 16.4. The molecule has 16 heavy (non-hydrogen) atoms. The molecule has 0 aromatic rings. The molecule has 0 bridgehead atoms. The van der Waals surface area contributed by atoms with Crippen LogP contribution >= 0.6 is 0 Å². The smallest absolute Gasteiger partial charge is 0.118 e. The summed E-state index contributed by atoms with van der Waals surface area (Å²) in [5.41, 5.74) is 0. The van der Waals surface area contributed by atoms with E-state index in [0.717, 1.165) is 0 Å². The zero-order valence-electron chi connectivity index (χ0n) is 12.7. The summed E-state index contributed by atoms with van der Waals surface area (Å²) in [5, 5.41) is 0. The maximum absolute atomic E-state index is 2.58. The SMILES string of the molecule is CN(CCCCN(C)[Si](C)(C)C)[Si](C)(C)C. The van der Waals surface area contributed by atoms with Crippen LogP contribution in [0.25, 0.3) is 0 Å². The minimum Gasteiger partial charge on any atom is -0.327 e. The van der Waals surface area contributed by atoms with Gasteiger partial charge in [0.05, 0.1) is 0 Å². The van der Waals surface area contributed by atoms with Gasteiger partial charge in [-0.2, -0.15) is 0 Å². The second-order valence-electron chi connectivity index (χ2n) is 6.89. The van der Waals surface area contributed by atoms with Crippen LogP contribution in [0.1, 0.15) is 12.8 Å². The largest absolute Gasteiger partial charge is 0.327 e. The number of rotatable bonds is 7. The predicted molar refractivity (Wildman–Crippen MR) is 81.2 cm³/mol. The number of hydrogen-bond acceptors (Lipinski definition) is 2. The van der Waals surface area contributed by atoms with Crippen molar-refractivity contribution >= 4 is 16.5 Å². The highest BCUT2D eigenvalue weighted by molar-refractivity contribution is 6.73. The highest BCUT2D eigenvalue weighted by Gasteiger charge is 2.20. The van der Waals surface area contributed by atoms with Gasteiger partial charge in [-0.1, -0.05) is 39.3 Å². The van der Waals surface area contributed by atoms with Crippen molar-refractivity contribution in [2.75, 3.05) is 27.2 Å². The molecule has 0 saturated carbocycles. The zero-order chi connectivity index (χ0) is 13.0. The molecule has 4 heteroatoms. The molecule has 0 aliphatic rings. The fourth-order valence-electron chi connectivity index (χ4n) is 1.37. The van der Waals surface area contributed by atoms with E-state index in [1.165, 1.54) is 25.9 Å². The summed E-state index contributed by atoms with van der Waals surface area (Å²) in [7, 11) is 2.48. The van der Waals surface area contributed by atoms with Crippen molar-refractivity contribution in [1.29, 1.82) is 0 Å². The summed E-state index contributed by atoms with van der Waals surface area (Å²) in [4.78, 5) is 0. The highest BCUT2D eigenvalue weighted by Crippen LogP contribution is 2.10. The van der Waals surface area contributed by atoms with Crippen LogP contribution in [0, 0.1) is 0 Å².